The summed E-state index contributed by atoms with van der Waals surface area (Å²) in [6, 6.07) is 5.89. The predicted octanol–water partition coefficient (Wildman–Crippen LogP) is 3.21. The van der Waals surface area contributed by atoms with E-state index in [1.807, 2.05) is 20.8 Å². The lowest BCUT2D eigenvalue weighted by molar-refractivity contribution is 0.0275. The topological polar surface area (TPSA) is 38.8 Å². The van der Waals surface area contributed by atoms with Crippen LogP contribution in [-0.4, -0.2) is 35.8 Å². The van der Waals surface area contributed by atoms with Crippen molar-refractivity contribution in [2.75, 3.05) is 13.1 Å². The normalized spacial score (nSPS) is 19.0. The van der Waals surface area contributed by atoms with Crippen molar-refractivity contribution in [3.63, 3.8) is 0 Å². The number of rotatable bonds is 2. The molecule has 0 radical (unpaired) electrons. The number of halogens is 1. The summed E-state index contributed by atoms with van der Waals surface area (Å²) in [5.74, 6) is 0.321. The Kier molecular flexibility index (Phi) is 4.16. The van der Waals surface area contributed by atoms with Gasteiger partial charge >= 0.3 is 6.09 Å². The maximum Gasteiger partial charge on any atom is 0.410 e. The first kappa shape index (κ1) is 14.6. The van der Waals surface area contributed by atoms with Gasteiger partial charge in [-0.1, -0.05) is 0 Å². The molecule has 110 valence electrons. The van der Waals surface area contributed by atoms with Crippen molar-refractivity contribution >= 4 is 6.09 Å². The molecule has 1 aromatic carbocycles. The molecule has 1 aliphatic rings. The summed E-state index contributed by atoms with van der Waals surface area (Å²) in [5.41, 5.74) is -0.493. The van der Waals surface area contributed by atoms with Crippen LogP contribution in [0.25, 0.3) is 0 Å². The summed E-state index contributed by atoms with van der Waals surface area (Å²) in [6.45, 7) is 6.63. The summed E-state index contributed by atoms with van der Waals surface area (Å²) in [7, 11) is 0. The van der Waals surface area contributed by atoms with Crippen LogP contribution < -0.4 is 4.74 Å². The highest BCUT2D eigenvalue weighted by Gasteiger charge is 2.30. The van der Waals surface area contributed by atoms with E-state index in [9.17, 15) is 9.18 Å². The first-order chi connectivity index (χ1) is 9.33. The summed E-state index contributed by atoms with van der Waals surface area (Å²) < 4.78 is 23.8. The molecule has 1 heterocycles. The van der Waals surface area contributed by atoms with E-state index in [4.69, 9.17) is 9.47 Å². The highest BCUT2D eigenvalue weighted by atomic mass is 19.1. The Labute approximate surface area is 118 Å². The predicted molar refractivity (Wildman–Crippen MR) is 73.2 cm³/mol. The van der Waals surface area contributed by atoms with Gasteiger partial charge < -0.3 is 14.4 Å². The molecule has 2 rings (SSSR count). The Balaban J connectivity index is 1.86. The Morgan fingerprint density at radius 1 is 1.30 bits per heavy atom. The Bertz CT molecular complexity index is 467. The quantitative estimate of drug-likeness (QED) is 0.835. The van der Waals surface area contributed by atoms with Crippen LogP contribution in [-0.2, 0) is 4.74 Å². The van der Waals surface area contributed by atoms with Crippen molar-refractivity contribution < 1.29 is 18.7 Å². The molecule has 1 aromatic rings. The fourth-order valence-electron chi connectivity index (χ4n) is 2.02. The molecule has 0 unspecified atom stereocenters. The van der Waals surface area contributed by atoms with E-state index in [-0.39, 0.29) is 18.0 Å². The fraction of sp³-hybridized carbons (Fsp3) is 0.533. The minimum absolute atomic E-state index is 0.0759. The number of benzene rings is 1. The highest BCUT2D eigenvalue weighted by molar-refractivity contribution is 5.68. The molecular formula is C15H20FNO3. The van der Waals surface area contributed by atoms with Crippen LogP contribution in [0.1, 0.15) is 27.2 Å². The lowest BCUT2D eigenvalue weighted by Gasteiger charge is -2.24. The van der Waals surface area contributed by atoms with Gasteiger partial charge in [0.25, 0.3) is 0 Å². The van der Waals surface area contributed by atoms with E-state index < -0.39 is 5.60 Å². The van der Waals surface area contributed by atoms with Gasteiger partial charge in [-0.2, -0.15) is 0 Å². The summed E-state index contributed by atoms with van der Waals surface area (Å²) in [5, 5.41) is 0. The van der Waals surface area contributed by atoms with Crippen LogP contribution in [0.4, 0.5) is 9.18 Å². The third-order valence-electron chi connectivity index (χ3n) is 2.91. The molecule has 0 saturated carbocycles. The number of carbonyl (C=O) groups is 1. The first-order valence-corrected chi connectivity index (χ1v) is 6.74. The van der Waals surface area contributed by atoms with Gasteiger partial charge in [0.15, 0.2) is 0 Å². The maximum atomic E-state index is 12.8. The number of hydrogen-bond acceptors (Lipinski definition) is 3. The van der Waals surface area contributed by atoms with Gasteiger partial charge in [0.05, 0.1) is 6.54 Å². The summed E-state index contributed by atoms with van der Waals surface area (Å²) in [6.07, 6.45) is 0.354. The molecule has 5 heteroatoms. The number of nitrogens with zero attached hydrogens (tertiary/aromatic N) is 1. The molecule has 20 heavy (non-hydrogen) atoms. The number of carbonyl (C=O) groups excluding carboxylic acids is 1. The van der Waals surface area contributed by atoms with E-state index in [1.54, 1.807) is 17.0 Å². The zero-order valence-corrected chi connectivity index (χ0v) is 12.1. The van der Waals surface area contributed by atoms with Gasteiger partial charge in [-0.05, 0) is 45.0 Å². The van der Waals surface area contributed by atoms with Crippen LogP contribution in [0.2, 0.25) is 0 Å². The molecule has 4 nitrogen and oxygen atoms in total. The molecule has 0 aliphatic carbocycles. The highest BCUT2D eigenvalue weighted by Crippen LogP contribution is 2.20. The molecule has 0 N–H and O–H groups in total. The molecule has 1 aliphatic heterocycles. The monoisotopic (exact) mass is 281 g/mol. The number of amides is 1. The smallest absolute Gasteiger partial charge is 0.410 e. The molecule has 0 spiro atoms. The SMILES string of the molecule is CC(C)(C)OC(=O)N1CC[C@@H](Oc2ccc(F)cc2)C1. The summed E-state index contributed by atoms with van der Waals surface area (Å²) >= 11 is 0. The number of hydrogen-bond donors (Lipinski definition) is 0. The van der Waals surface area contributed by atoms with Crippen LogP contribution in [0.5, 0.6) is 5.75 Å². The van der Waals surface area contributed by atoms with Crippen molar-refractivity contribution in [2.24, 2.45) is 0 Å². The minimum atomic E-state index is -0.493. The third kappa shape index (κ3) is 4.11. The average molecular weight is 281 g/mol. The largest absolute Gasteiger partial charge is 0.489 e. The lowest BCUT2D eigenvalue weighted by Crippen LogP contribution is -2.36. The Hall–Kier alpha value is -1.78. The molecule has 0 bridgehead atoms. The van der Waals surface area contributed by atoms with Crippen LogP contribution >= 0.6 is 0 Å². The van der Waals surface area contributed by atoms with E-state index in [1.165, 1.54) is 12.1 Å². The van der Waals surface area contributed by atoms with E-state index >= 15 is 0 Å². The van der Waals surface area contributed by atoms with Gasteiger partial charge in [0.1, 0.15) is 23.3 Å². The zero-order chi connectivity index (χ0) is 14.8. The fourth-order valence-corrected chi connectivity index (χ4v) is 2.02. The van der Waals surface area contributed by atoms with Gasteiger partial charge in [-0.3, -0.25) is 0 Å². The Morgan fingerprint density at radius 3 is 2.55 bits per heavy atom. The third-order valence-corrected chi connectivity index (χ3v) is 2.91. The maximum absolute atomic E-state index is 12.8. The van der Waals surface area contributed by atoms with Crippen LogP contribution in [0.3, 0.4) is 0 Å². The molecule has 1 amide bonds. The van der Waals surface area contributed by atoms with Crippen LogP contribution in [0.15, 0.2) is 24.3 Å². The second-order valence-electron chi connectivity index (χ2n) is 5.91. The lowest BCUT2D eigenvalue weighted by atomic mass is 10.2. The standard InChI is InChI=1S/C15H20FNO3/c1-15(2,3)20-14(18)17-9-8-13(10-17)19-12-6-4-11(16)5-7-12/h4-7,13H,8-10H2,1-3H3/t13-/m1/s1. The first-order valence-electron chi connectivity index (χ1n) is 6.74. The molecule has 0 aromatic heterocycles. The van der Waals surface area contributed by atoms with E-state index in [0.29, 0.717) is 18.8 Å². The number of ether oxygens (including phenoxy) is 2. The average Bonchev–Trinajstić information content (AvgIpc) is 2.79. The van der Waals surface area contributed by atoms with Crippen molar-refractivity contribution in [1.29, 1.82) is 0 Å². The molecule has 1 saturated heterocycles. The van der Waals surface area contributed by atoms with Gasteiger partial charge in [0.2, 0.25) is 0 Å². The van der Waals surface area contributed by atoms with Crippen molar-refractivity contribution in [1.82, 2.24) is 4.90 Å². The molecule has 1 fully saturated rings. The van der Waals surface area contributed by atoms with Crippen molar-refractivity contribution in [2.45, 2.75) is 38.9 Å². The second-order valence-corrected chi connectivity index (χ2v) is 5.91. The van der Waals surface area contributed by atoms with Gasteiger partial charge in [-0.25, -0.2) is 9.18 Å². The molecule has 1 atom stereocenters. The van der Waals surface area contributed by atoms with Crippen molar-refractivity contribution in [3.05, 3.63) is 30.1 Å². The second kappa shape index (κ2) is 5.69. The molecular weight excluding hydrogens is 261 g/mol. The zero-order valence-electron chi connectivity index (χ0n) is 12.1. The van der Waals surface area contributed by atoms with Crippen molar-refractivity contribution in [3.8, 4) is 5.75 Å². The Morgan fingerprint density at radius 2 is 1.95 bits per heavy atom. The van der Waals surface area contributed by atoms with Crippen LogP contribution in [0, 0.1) is 5.82 Å². The number of likely N-dealkylation sites (tertiary alicyclic amines) is 1. The van der Waals surface area contributed by atoms with E-state index in [0.717, 1.165) is 6.42 Å². The minimum Gasteiger partial charge on any atom is -0.489 e. The van der Waals surface area contributed by atoms with Gasteiger partial charge in [-0.15, -0.1) is 0 Å². The summed E-state index contributed by atoms with van der Waals surface area (Å²) in [4.78, 5) is 13.5. The van der Waals surface area contributed by atoms with Gasteiger partial charge in [0, 0.05) is 13.0 Å². The van der Waals surface area contributed by atoms with E-state index in [2.05, 4.69) is 0 Å².